The third kappa shape index (κ3) is 3.15. The van der Waals surface area contributed by atoms with E-state index in [0.717, 1.165) is 6.42 Å². The smallest absolute Gasteiger partial charge is 0.160 e. The molecule has 94 valence electrons. The van der Waals surface area contributed by atoms with Crippen LogP contribution in [0.25, 0.3) is 11.1 Å². The molecule has 1 heterocycles. The van der Waals surface area contributed by atoms with Crippen LogP contribution in [0.5, 0.6) is 0 Å². The van der Waals surface area contributed by atoms with Gasteiger partial charge in [0, 0.05) is 33.0 Å². The molecule has 18 heavy (non-hydrogen) atoms. The first-order valence-electron chi connectivity index (χ1n) is 5.88. The highest BCUT2D eigenvalue weighted by molar-refractivity contribution is 5.63. The molecule has 0 unspecified atom stereocenters. The fourth-order valence-corrected chi connectivity index (χ4v) is 1.88. The number of benzene rings is 1. The van der Waals surface area contributed by atoms with Crippen molar-refractivity contribution in [1.82, 2.24) is 4.98 Å². The molecular formula is C15H17NO2. The lowest BCUT2D eigenvalue weighted by Gasteiger charge is -2.13. The second kappa shape index (κ2) is 6.28. The van der Waals surface area contributed by atoms with Crippen LogP contribution in [0, 0.1) is 0 Å². The standard InChI is InChI=1S/C15H17NO2/c1-17-15(18-2)11-12-4-3-5-14(10-12)13-6-8-16-9-7-13/h3-10,15H,11H2,1-2H3. The molecule has 0 amide bonds. The monoisotopic (exact) mass is 243 g/mol. The third-order valence-corrected chi connectivity index (χ3v) is 2.87. The van der Waals surface area contributed by atoms with E-state index in [-0.39, 0.29) is 6.29 Å². The van der Waals surface area contributed by atoms with Gasteiger partial charge in [0.15, 0.2) is 6.29 Å². The van der Waals surface area contributed by atoms with Crippen LogP contribution in [0.15, 0.2) is 48.8 Å². The Morgan fingerprint density at radius 3 is 2.39 bits per heavy atom. The van der Waals surface area contributed by atoms with Crippen LogP contribution < -0.4 is 0 Å². The summed E-state index contributed by atoms with van der Waals surface area (Å²) >= 11 is 0. The number of ether oxygens (including phenoxy) is 2. The number of pyridine rings is 1. The van der Waals surface area contributed by atoms with Crippen LogP contribution in [0.4, 0.5) is 0 Å². The summed E-state index contributed by atoms with van der Waals surface area (Å²) in [6.07, 6.45) is 4.15. The highest BCUT2D eigenvalue weighted by atomic mass is 16.7. The zero-order valence-electron chi connectivity index (χ0n) is 10.7. The summed E-state index contributed by atoms with van der Waals surface area (Å²) < 4.78 is 10.4. The molecule has 0 saturated heterocycles. The predicted octanol–water partition coefficient (Wildman–Crippen LogP) is 2.91. The Kier molecular flexibility index (Phi) is 4.45. The van der Waals surface area contributed by atoms with E-state index in [4.69, 9.17) is 9.47 Å². The summed E-state index contributed by atoms with van der Waals surface area (Å²) in [7, 11) is 3.31. The summed E-state index contributed by atoms with van der Waals surface area (Å²) in [5.74, 6) is 0. The molecule has 0 saturated carbocycles. The van der Waals surface area contributed by atoms with E-state index >= 15 is 0 Å². The van der Waals surface area contributed by atoms with Gasteiger partial charge in [-0.25, -0.2) is 0 Å². The van der Waals surface area contributed by atoms with E-state index < -0.39 is 0 Å². The second-order valence-electron chi connectivity index (χ2n) is 4.04. The van der Waals surface area contributed by atoms with Gasteiger partial charge in [-0.3, -0.25) is 4.98 Å². The average molecular weight is 243 g/mol. The molecule has 1 aromatic heterocycles. The van der Waals surface area contributed by atoms with Gasteiger partial charge >= 0.3 is 0 Å². The molecule has 0 aliphatic rings. The summed E-state index contributed by atoms with van der Waals surface area (Å²) in [4.78, 5) is 4.03. The summed E-state index contributed by atoms with van der Waals surface area (Å²) in [5, 5.41) is 0. The molecular weight excluding hydrogens is 226 g/mol. The van der Waals surface area contributed by atoms with Crippen molar-refractivity contribution in [2.24, 2.45) is 0 Å². The summed E-state index contributed by atoms with van der Waals surface area (Å²) in [5.41, 5.74) is 3.54. The lowest BCUT2D eigenvalue weighted by molar-refractivity contribution is -0.100. The maximum atomic E-state index is 5.22. The molecule has 0 bridgehead atoms. The van der Waals surface area contributed by atoms with E-state index in [1.165, 1.54) is 16.7 Å². The van der Waals surface area contributed by atoms with Crippen LogP contribution in [0.1, 0.15) is 5.56 Å². The molecule has 0 aliphatic heterocycles. The van der Waals surface area contributed by atoms with Crippen molar-refractivity contribution in [1.29, 1.82) is 0 Å². The topological polar surface area (TPSA) is 31.4 Å². The first kappa shape index (κ1) is 12.7. The Morgan fingerprint density at radius 2 is 1.72 bits per heavy atom. The Balaban J connectivity index is 2.20. The van der Waals surface area contributed by atoms with Crippen LogP contribution in [-0.2, 0) is 15.9 Å². The lowest BCUT2D eigenvalue weighted by Crippen LogP contribution is -2.15. The minimum absolute atomic E-state index is 0.197. The van der Waals surface area contributed by atoms with Crippen LogP contribution in [0.2, 0.25) is 0 Å². The largest absolute Gasteiger partial charge is 0.356 e. The maximum absolute atomic E-state index is 5.22. The predicted molar refractivity (Wildman–Crippen MR) is 71.2 cm³/mol. The molecule has 0 aliphatic carbocycles. The van der Waals surface area contributed by atoms with E-state index in [2.05, 4.69) is 23.2 Å². The molecule has 3 heteroatoms. The summed E-state index contributed by atoms with van der Waals surface area (Å²) in [6, 6.07) is 12.4. The average Bonchev–Trinajstić information content (AvgIpc) is 2.46. The van der Waals surface area contributed by atoms with Crippen molar-refractivity contribution in [3.8, 4) is 11.1 Å². The van der Waals surface area contributed by atoms with Gasteiger partial charge < -0.3 is 9.47 Å². The Morgan fingerprint density at radius 1 is 1.00 bits per heavy atom. The Labute approximate surface area is 107 Å². The van der Waals surface area contributed by atoms with Crippen LogP contribution in [0.3, 0.4) is 0 Å². The van der Waals surface area contributed by atoms with Gasteiger partial charge in [0.25, 0.3) is 0 Å². The van der Waals surface area contributed by atoms with E-state index in [9.17, 15) is 0 Å². The minimum Gasteiger partial charge on any atom is -0.356 e. The fraction of sp³-hybridized carbons (Fsp3) is 0.267. The normalized spacial score (nSPS) is 10.8. The van der Waals surface area contributed by atoms with Gasteiger partial charge in [-0.2, -0.15) is 0 Å². The second-order valence-corrected chi connectivity index (χ2v) is 4.04. The maximum Gasteiger partial charge on any atom is 0.160 e. The number of hydrogen-bond acceptors (Lipinski definition) is 3. The van der Waals surface area contributed by atoms with E-state index in [1.807, 2.05) is 18.2 Å². The van der Waals surface area contributed by atoms with Crippen LogP contribution in [-0.4, -0.2) is 25.5 Å². The molecule has 0 radical (unpaired) electrons. The van der Waals surface area contributed by atoms with Crippen LogP contribution >= 0.6 is 0 Å². The minimum atomic E-state index is -0.197. The van der Waals surface area contributed by atoms with Gasteiger partial charge in [-0.15, -0.1) is 0 Å². The van der Waals surface area contributed by atoms with Crippen molar-refractivity contribution in [2.75, 3.05) is 14.2 Å². The lowest BCUT2D eigenvalue weighted by atomic mass is 10.0. The van der Waals surface area contributed by atoms with Gasteiger partial charge in [0.05, 0.1) is 0 Å². The van der Waals surface area contributed by atoms with Gasteiger partial charge in [-0.05, 0) is 28.8 Å². The SMILES string of the molecule is COC(Cc1cccc(-c2ccncc2)c1)OC. The van der Waals surface area contributed by atoms with Crippen molar-refractivity contribution < 1.29 is 9.47 Å². The van der Waals surface area contributed by atoms with Crippen molar-refractivity contribution in [3.63, 3.8) is 0 Å². The van der Waals surface area contributed by atoms with Crippen molar-refractivity contribution >= 4 is 0 Å². The molecule has 0 atom stereocenters. The number of hydrogen-bond donors (Lipinski definition) is 0. The number of rotatable bonds is 5. The summed E-state index contributed by atoms with van der Waals surface area (Å²) in [6.45, 7) is 0. The van der Waals surface area contributed by atoms with E-state index in [0.29, 0.717) is 0 Å². The zero-order chi connectivity index (χ0) is 12.8. The Bertz CT molecular complexity index is 481. The number of nitrogens with zero attached hydrogens (tertiary/aromatic N) is 1. The molecule has 2 aromatic rings. The number of aromatic nitrogens is 1. The zero-order valence-corrected chi connectivity index (χ0v) is 10.7. The fourth-order valence-electron chi connectivity index (χ4n) is 1.88. The molecule has 2 rings (SSSR count). The van der Waals surface area contributed by atoms with Crippen molar-refractivity contribution in [3.05, 3.63) is 54.4 Å². The van der Waals surface area contributed by atoms with Gasteiger partial charge in [0.1, 0.15) is 0 Å². The van der Waals surface area contributed by atoms with Gasteiger partial charge in [0.2, 0.25) is 0 Å². The molecule has 0 N–H and O–H groups in total. The molecule has 0 spiro atoms. The highest BCUT2D eigenvalue weighted by Crippen LogP contribution is 2.20. The molecule has 3 nitrogen and oxygen atoms in total. The van der Waals surface area contributed by atoms with E-state index in [1.54, 1.807) is 26.6 Å². The van der Waals surface area contributed by atoms with Crippen molar-refractivity contribution in [2.45, 2.75) is 12.7 Å². The Hall–Kier alpha value is -1.71. The van der Waals surface area contributed by atoms with Gasteiger partial charge in [-0.1, -0.05) is 24.3 Å². The quantitative estimate of drug-likeness (QED) is 0.757. The highest BCUT2D eigenvalue weighted by Gasteiger charge is 2.07. The third-order valence-electron chi connectivity index (χ3n) is 2.87. The number of methoxy groups -OCH3 is 2. The molecule has 1 aromatic carbocycles. The first-order valence-corrected chi connectivity index (χ1v) is 5.88. The first-order chi connectivity index (χ1) is 8.83. The molecule has 0 fully saturated rings.